The number of benzene rings is 1. The summed E-state index contributed by atoms with van der Waals surface area (Å²) in [5, 5.41) is 4.23. The highest BCUT2D eigenvalue weighted by molar-refractivity contribution is 7.20. The van der Waals surface area contributed by atoms with Crippen molar-refractivity contribution in [1.82, 2.24) is 14.9 Å². The number of hydrogen-bond donors (Lipinski definition) is 1. The third-order valence-electron chi connectivity index (χ3n) is 10.7. The molecule has 2 atom stereocenters. The highest BCUT2D eigenvalue weighted by atomic mass is 35.5. The molecule has 3 aromatic rings. The smallest absolute Gasteiger partial charge is 0.416 e. The largest absolute Gasteiger partial charge is 0.466 e. The predicted molar refractivity (Wildman–Crippen MR) is 189 cm³/mol. The SMILES string of the molecule is CCOC(=O)C1CCN(c2ncc(C(=O)Nc3nc(-c4cccc(C(F)(F)F)c4)c(N4CC5CCN(C6CCCCC6)C5C4)s3)cc2Cl)CC1. The van der Waals surface area contributed by atoms with Crippen molar-refractivity contribution < 1.29 is 27.5 Å². The summed E-state index contributed by atoms with van der Waals surface area (Å²) in [6.45, 7) is 5.98. The Morgan fingerprint density at radius 1 is 1.02 bits per heavy atom. The van der Waals surface area contributed by atoms with Crippen molar-refractivity contribution in [3.63, 3.8) is 0 Å². The Labute approximate surface area is 299 Å². The predicted octanol–water partition coefficient (Wildman–Crippen LogP) is 7.75. The van der Waals surface area contributed by atoms with Gasteiger partial charge in [-0.2, -0.15) is 13.2 Å². The number of amides is 1. The average Bonchev–Trinajstić information content (AvgIpc) is 3.83. The number of aromatic nitrogens is 2. The zero-order chi connectivity index (χ0) is 35.0. The molecule has 1 amide bonds. The minimum Gasteiger partial charge on any atom is -0.466 e. The van der Waals surface area contributed by atoms with Gasteiger partial charge in [0.1, 0.15) is 16.5 Å². The Morgan fingerprint density at radius 3 is 2.52 bits per heavy atom. The summed E-state index contributed by atoms with van der Waals surface area (Å²) >= 11 is 7.91. The molecular formula is C36H42ClF3N6O3S. The fraction of sp³-hybridized carbons (Fsp3) is 0.556. The molecule has 4 fully saturated rings. The lowest BCUT2D eigenvalue weighted by Gasteiger charge is -2.35. The van der Waals surface area contributed by atoms with E-state index >= 15 is 0 Å². The van der Waals surface area contributed by atoms with Crippen LogP contribution in [0.15, 0.2) is 36.5 Å². The van der Waals surface area contributed by atoms with E-state index in [0.29, 0.717) is 77.8 Å². The van der Waals surface area contributed by atoms with Crippen molar-refractivity contribution >= 4 is 50.8 Å². The number of piperidine rings is 1. The number of nitrogens with zero attached hydrogens (tertiary/aromatic N) is 5. The Kier molecular flexibility index (Phi) is 10.3. The van der Waals surface area contributed by atoms with E-state index in [1.54, 1.807) is 19.1 Å². The van der Waals surface area contributed by atoms with Crippen molar-refractivity contribution in [1.29, 1.82) is 0 Å². The molecule has 5 heterocycles. The van der Waals surface area contributed by atoms with E-state index in [9.17, 15) is 22.8 Å². The second kappa shape index (κ2) is 14.7. The summed E-state index contributed by atoms with van der Waals surface area (Å²) in [6, 6.07) is 7.79. The Balaban J connectivity index is 1.10. The zero-order valence-corrected chi connectivity index (χ0v) is 29.6. The molecule has 9 nitrogen and oxygen atoms in total. The van der Waals surface area contributed by atoms with Gasteiger partial charge in [-0.1, -0.05) is 54.3 Å². The zero-order valence-electron chi connectivity index (χ0n) is 28.1. The molecule has 4 aliphatic rings. The van der Waals surface area contributed by atoms with Gasteiger partial charge in [0.25, 0.3) is 5.91 Å². The maximum atomic E-state index is 13.8. The molecule has 1 N–H and O–H groups in total. The molecule has 7 rings (SSSR count). The first-order valence-electron chi connectivity index (χ1n) is 17.7. The van der Waals surface area contributed by atoms with Crippen molar-refractivity contribution in [3.05, 3.63) is 52.7 Å². The second-order valence-electron chi connectivity index (χ2n) is 13.8. The number of ether oxygens (including phenoxy) is 1. The molecule has 0 radical (unpaired) electrons. The van der Waals surface area contributed by atoms with Gasteiger partial charge in [-0.25, -0.2) is 9.97 Å². The molecule has 3 aliphatic heterocycles. The fourth-order valence-corrected chi connectivity index (χ4v) is 9.47. The van der Waals surface area contributed by atoms with Crippen molar-refractivity contribution in [2.45, 2.75) is 76.6 Å². The second-order valence-corrected chi connectivity index (χ2v) is 15.2. The number of thiazole rings is 1. The standard InChI is InChI=1S/C36H42ClF3N6O3S/c1-2-49-34(48)22-11-14-44(15-12-22)31-28(37)18-25(19-41-31)32(47)43-35-42-30(23-7-6-8-26(17-23)36(38,39)40)33(50-35)45-20-24-13-16-46(29(24)21-45)27-9-4-3-5-10-27/h6-8,17-19,22,24,27,29H,2-5,9-16,20-21H2,1H3,(H,42,43,47). The van der Waals surface area contributed by atoms with Crippen LogP contribution in [0.1, 0.15) is 74.2 Å². The van der Waals surface area contributed by atoms with Gasteiger partial charge in [-0.05, 0) is 69.7 Å². The van der Waals surface area contributed by atoms with Crippen molar-refractivity contribution in [3.8, 4) is 11.3 Å². The van der Waals surface area contributed by atoms with Gasteiger partial charge in [-0.3, -0.25) is 19.8 Å². The Morgan fingerprint density at radius 2 is 1.80 bits per heavy atom. The lowest BCUT2D eigenvalue weighted by atomic mass is 9.93. The fourth-order valence-electron chi connectivity index (χ4n) is 8.18. The molecule has 1 aromatic carbocycles. The van der Waals surface area contributed by atoms with E-state index in [0.717, 1.165) is 43.2 Å². The van der Waals surface area contributed by atoms with Crippen LogP contribution in [-0.4, -0.2) is 78.2 Å². The minimum absolute atomic E-state index is 0.157. The van der Waals surface area contributed by atoms with Crippen LogP contribution in [0.25, 0.3) is 11.3 Å². The molecular weight excluding hydrogens is 689 g/mol. The van der Waals surface area contributed by atoms with Crippen LogP contribution < -0.4 is 15.1 Å². The third kappa shape index (κ3) is 7.32. The molecule has 0 spiro atoms. The number of alkyl halides is 3. The van der Waals surface area contributed by atoms with Crippen LogP contribution >= 0.6 is 22.9 Å². The summed E-state index contributed by atoms with van der Waals surface area (Å²) in [5.41, 5.74) is 0.274. The van der Waals surface area contributed by atoms with Crippen LogP contribution in [-0.2, 0) is 15.7 Å². The number of likely N-dealkylation sites (tertiary alicyclic amines) is 1. The van der Waals surface area contributed by atoms with Crippen LogP contribution in [0, 0.1) is 11.8 Å². The molecule has 2 aromatic heterocycles. The van der Waals surface area contributed by atoms with Gasteiger partial charge in [0.15, 0.2) is 5.13 Å². The number of fused-ring (bicyclic) bond motifs is 1. The number of pyridine rings is 1. The number of nitrogens with one attached hydrogen (secondary N) is 1. The van der Waals surface area contributed by atoms with Gasteiger partial charge in [0.2, 0.25) is 0 Å². The number of carbonyl (C=O) groups excluding carboxylic acids is 2. The average molecular weight is 731 g/mol. The van der Waals surface area contributed by atoms with E-state index < -0.39 is 17.6 Å². The molecule has 2 unspecified atom stereocenters. The van der Waals surface area contributed by atoms with Crippen LogP contribution in [0.2, 0.25) is 5.02 Å². The first kappa shape index (κ1) is 35.0. The normalized spacial score (nSPS) is 22.2. The number of esters is 1. The maximum absolute atomic E-state index is 13.8. The molecule has 1 aliphatic carbocycles. The summed E-state index contributed by atoms with van der Waals surface area (Å²) < 4.78 is 46.4. The lowest BCUT2D eigenvalue weighted by molar-refractivity contribution is -0.148. The number of hydrogen-bond acceptors (Lipinski definition) is 9. The minimum atomic E-state index is -4.50. The summed E-state index contributed by atoms with van der Waals surface area (Å²) in [4.78, 5) is 41.8. The molecule has 268 valence electrons. The van der Waals surface area contributed by atoms with E-state index in [2.05, 4.69) is 20.1 Å². The van der Waals surface area contributed by atoms with Gasteiger partial charge < -0.3 is 14.5 Å². The number of halogens is 4. The molecule has 14 heteroatoms. The van der Waals surface area contributed by atoms with Crippen LogP contribution in [0.5, 0.6) is 0 Å². The molecule has 0 bridgehead atoms. The van der Waals surface area contributed by atoms with Crippen molar-refractivity contribution in [2.75, 3.05) is 54.4 Å². The Bertz CT molecular complexity index is 1710. The summed E-state index contributed by atoms with van der Waals surface area (Å²) in [5.74, 6) is 0.207. The highest BCUT2D eigenvalue weighted by Gasteiger charge is 2.45. The van der Waals surface area contributed by atoms with Gasteiger partial charge in [0.05, 0.1) is 28.7 Å². The number of rotatable bonds is 8. The number of anilines is 3. The number of carbonyl (C=O) groups is 2. The van der Waals surface area contributed by atoms with Crippen LogP contribution in [0.3, 0.4) is 0 Å². The highest BCUT2D eigenvalue weighted by Crippen LogP contribution is 2.45. The molecule has 1 saturated carbocycles. The van der Waals surface area contributed by atoms with E-state index in [4.69, 9.17) is 21.3 Å². The summed E-state index contributed by atoms with van der Waals surface area (Å²) in [6.07, 6.45) is 5.58. The van der Waals surface area contributed by atoms with Gasteiger partial charge in [-0.15, -0.1) is 0 Å². The van der Waals surface area contributed by atoms with Crippen molar-refractivity contribution in [2.24, 2.45) is 11.8 Å². The van der Waals surface area contributed by atoms with E-state index in [1.165, 1.54) is 55.7 Å². The Hall–Kier alpha value is -3.42. The first-order valence-corrected chi connectivity index (χ1v) is 18.9. The monoisotopic (exact) mass is 730 g/mol. The van der Waals surface area contributed by atoms with E-state index in [-0.39, 0.29) is 17.5 Å². The van der Waals surface area contributed by atoms with E-state index in [1.807, 2.05) is 4.90 Å². The molecule has 50 heavy (non-hydrogen) atoms. The lowest BCUT2D eigenvalue weighted by Crippen LogP contribution is -2.43. The van der Waals surface area contributed by atoms with Gasteiger partial charge in [0, 0.05) is 50.0 Å². The van der Waals surface area contributed by atoms with Gasteiger partial charge >= 0.3 is 12.1 Å². The molecule has 3 saturated heterocycles. The quantitative estimate of drug-likeness (QED) is 0.236. The maximum Gasteiger partial charge on any atom is 0.416 e. The first-order chi connectivity index (χ1) is 24.1. The topological polar surface area (TPSA) is 90.9 Å². The van der Waals surface area contributed by atoms with Crippen LogP contribution in [0.4, 0.5) is 29.1 Å². The third-order valence-corrected chi connectivity index (χ3v) is 12.0. The summed E-state index contributed by atoms with van der Waals surface area (Å²) in [7, 11) is 0.